The lowest BCUT2D eigenvalue weighted by molar-refractivity contribution is -0.122. The molecule has 2 fully saturated rings. The van der Waals surface area contributed by atoms with E-state index in [1.54, 1.807) is 0 Å². The molecule has 0 saturated heterocycles. The first-order chi connectivity index (χ1) is 8.08. The molecule has 86 valence electrons. The van der Waals surface area contributed by atoms with E-state index in [9.17, 15) is 20.6 Å². The van der Waals surface area contributed by atoms with Crippen LogP contribution in [0.3, 0.4) is 0 Å². The number of hydrogen-bond donors (Lipinski definition) is 1. The fourth-order valence-electron chi connectivity index (χ4n) is 3.67. The van der Waals surface area contributed by atoms with Crippen molar-refractivity contribution < 1.29 is 4.79 Å². The molecule has 0 aromatic rings. The SMILES string of the molecule is N#CC1(C#N)C2(CCCCC2)C1(C#N)C(N)=O. The minimum atomic E-state index is -1.61. The van der Waals surface area contributed by atoms with Crippen LogP contribution >= 0.6 is 0 Å². The Morgan fingerprint density at radius 2 is 1.53 bits per heavy atom. The largest absolute Gasteiger partial charge is 0.368 e. The first-order valence-electron chi connectivity index (χ1n) is 5.62. The van der Waals surface area contributed by atoms with Gasteiger partial charge in [-0.25, -0.2) is 0 Å². The second-order valence-corrected chi connectivity index (χ2v) is 4.84. The lowest BCUT2D eigenvalue weighted by Crippen LogP contribution is -2.31. The maximum absolute atomic E-state index is 11.6. The third-order valence-electron chi connectivity index (χ3n) is 4.52. The van der Waals surface area contributed by atoms with Crippen LogP contribution in [0.1, 0.15) is 32.1 Å². The third-order valence-corrected chi connectivity index (χ3v) is 4.52. The molecule has 17 heavy (non-hydrogen) atoms. The van der Waals surface area contributed by atoms with Gasteiger partial charge in [-0.1, -0.05) is 19.3 Å². The van der Waals surface area contributed by atoms with Crippen LogP contribution in [0.4, 0.5) is 0 Å². The Bertz CT molecular complexity index is 484. The first kappa shape index (κ1) is 11.4. The van der Waals surface area contributed by atoms with Crippen LogP contribution < -0.4 is 5.73 Å². The van der Waals surface area contributed by atoms with Crippen LogP contribution in [-0.2, 0) is 4.79 Å². The second kappa shape index (κ2) is 3.22. The Morgan fingerprint density at radius 3 is 1.82 bits per heavy atom. The van der Waals surface area contributed by atoms with Gasteiger partial charge in [-0.2, -0.15) is 15.8 Å². The minimum Gasteiger partial charge on any atom is -0.368 e. The predicted molar refractivity (Wildman–Crippen MR) is 56.4 cm³/mol. The zero-order valence-electron chi connectivity index (χ0n) is 9.36. The number of nitrogens with zero attached hydrogens (tertiary/aromatic N) is 3. The summed E-state index contributed by atoms with van der Waals surface area (Å²) in [4.78, 5) is 11.6. The van der Waals surface area contributed by atoms with E-state index in [2.05, 4.69) is 0 Å². The molecular formula is C12H12N4O. The number of carbonyl (C=O) groups is 1. The number of rotatable bonds is 1. The Hall–Kier alpha value is -2.06. The van der Waals surface area contributed by atoms with Gasteiger partial charge >= 0.3 is 0 Å². The Morgan fingerprint density at radius 1 is 1.00 bits per heavy atom. The highest BCUT2D eigenvalue weighted by Crippen LogP contribution is 2.82. The quantitative estimate of drug-likeness (QED) is 0.720. The number of amides is 1. The first-order valence-corrected chi connectivity index (χ1v) is 5.62. The number of nitriles is 3. The van der Waals surface area contributed by atoms with Crippen molar-refractivity contribution in [3.8, 4) is 18.2 Å². The van der Waals surface area contributed by atoms with E-state index in [4.69, 9.17) is 5.73 Å². The molecule has 0 heterocycles. The molecule has 5 heteroatoms. The van der Waals surface area contributed by atoms with Crippen molar-refractivity contribution in [3.05, 3.63) is 0 Å². The monoisotopic (exact) mass is 228 g/mol. The fraction of sp³-hybridized carbons (Fsp3) is 0.667. The Kier molecular flexibility index (Phi) is 2.16. The van der Waals surface area contributed by atoms with Gasteiger partial charge in [-0.15, -0.1) is 0 Å². The molecule has 2 N–H and O–H groups in total. The predicted octanol–water partition coefficient (Wildman–Crippen LogP) is 0.979. The van der Waals surface area contributed by atoms with Crippen molar-refractivity contribution in [2.24, 2.45) is 22.0 Å². The number of hydrogen-bond acceptors (Lipinski definition) is 4. The molecule has 0 aromatic carbocycles. The van der Waals surface area contributed by atoms with Crippen LogP contribution in [-0.4, -0.2) is 5.91 Å². The summed E-state index contributed by atoms with van der Waals surface area (Å²) in [7, 11) is 0. The molecule has 2 saturated carbocycles. The van der Waals surface area contributed by atoms with Crippen LogP contribution in [0.25, 0.3) is 0 Å². The second-order valence-electron chi connectivity index (χ2n) is 4.84. The molecule has 0 aromatic heterocycles. The molecule has 0 bridgehead atoms. The summed E-state index contributed by atoms with van der Waals surface area (Å²) in [6, 6.07) is 5.69. The highest BCUT2D eigenvalue weighted by molar-refractivity contribution is 5.93. The van der Waals surface area contributed by atoms with Crippen molar-refractivity contribution >= 4 is 5.91 Å². The molecule has 1 atom stereocenters. The average Bonchev–Trinajstić information content (AvgIpc) is 2.86. The minimum absolute atomic E-state index is 0.560. The van der Waals surface area contributed by atoms with E-state index in [1.807, 2.05) is 18.2 Å². The van der Waals surface area contributed by atoms with Crippen LogP contribution in [0.2, 0.25) is 0 Å². The van der Waals surface area contributed by atoms with E-state index in [0.29, 0.717) is 12.8 Å². The maximum atomic E-state index is 11.6. The van der Waals surface area contributed by atoms with Gasteiger partial charge in [-0.3, -0.25) is 4.79 Å². The summed E-state index contributed by atoms with van der Waals surface area (Å²) in [5.74, 6) is -0.829. The highest BCUT2D eigenvalue weighted by Gasteiger charge is 2.92. The summed E-state index contributed by atoms with van der Waals surface area (Å²) in [6.07, 6.45) is 3.80. The standard InChI is InChI=1S/C12H12N4O/c13-6-11(7-14)10(4-2-1-3-5-10)12(11,8-15)9(16)17/h1-5H2,(H2,16,17). The maximum Gasteiger partial charge on any atom is 0.241 e. The Balaban J connectivity index is 2.62. The van der Waals surface area contributed by atoms with Gasteiger partial charge in [0.15, 0.2) is 10.8 Å². The highest BCUT2D eigenvalue weighted by atomic mass is 16.1. The molecule has 2 rings (SSSR count). The lowest BCUT2D eigenvalue weighted by atomic mass is 9.78. The van der Waals surface area contributed by atoms with Gasteiger partial charge in [0.2, 0.25) is 5.91 Å². The van der Waals surface area contributed by atoms with E-state index in [1.165, 1.54) is 0 Å². The molecule has 5 nitrogen and oxygen atoms in total. The normalized spacial score (nSPS) is 31.8. The summed E-state index contributed by atoms with van der Waals surface area (Å²) < 4.78 is 0. The van der Waals surface area contributed by atoms with Gasteiger partial charge in [-0.05, 0) is 12.8 Å². The van der Waals surface area contributed by atoms with Gasteiger partial charge in [0.25, 0.3) is 0 Å². The number of nitrogens with two attached hydrogens (primary N) is 1. The van der Waals surface area contributed by atoms with Gasteiger partial charge in [0, 0.05) is 5.41 Å². The van der Waals surface area contributed by atoms with E-state index < -0.39 is 22.2 Å². The van der Waals surface area contributed by atoms with Crippen molar-refractivity contribution in [1.82, 2.24) is 0 Å². The van der Waals surface area contributed by atoms with Gasteiger partial charge < -0.3 is 5.73 Å². The van der Waals surface area contributed by atoms with E-state index in [-0.39, 0.29) is 0 Å². The van der Waals surface area contributed by atoms with Crippen LogP contribution in [0.15, 0.2) is 0 Å². The summed E-state index contributed by atoms with van der Waals surface area (Å²) >= 11 is 0. The van der Waals surface area contributed by atoms with E-state index >= 15 is 0 Å². The zero-order chi connectivity index (χ0) is 12.7. The van der Waals surface area contributed by atoms with Crippen molar-refractivity contribution in [3.63, 3.8) is 0 Å². The Labute approximate surface area is 99.4 Å². The van der Waals surface area contributed by atoms with Gasteiger partial charge in [0.1, 0.15) is 0 Å². The smallest absolute Gasteiger partial charge is 0.241 e. The number of primary amides is 1. The molecule has 2 aliphatic carbocycles. The van der Waals surface area contributed by atoms with Crippen molar-refractivity contribution in [1.29, 1.82) is 15.8 Å². The van der Waals surface area contributed by atoms with E-state index in [0.717, 1.165) is 19.3 Å². The average molecular weight is 228 g/mol. The third kappa shape index (κ3) is 0.865. The topological polar surface area (TPSA) is 114 Å². The molecule has 1 spiro atoms. The molecule has 1 unspecified atom stereocenters. The molecular weight excluding hydrogens is 216 g/mol. The number of carbonyl (C=O) groups excluding carboxylic acids is 1. The molecule has 0 radical (unpaired) electrons. The lowest BCUT2D eigenvalue weighted by Gasteiger charge is -2.23. The fourth-order valence-corrected chi connectivity index (χ4v) is 3.67. The van der Waals surface area contributed by atoms with Crippen LogP contribution in [0, 0.1) is 50.2 Å². The summed E-state index contributed by atoms with van der Waals surface area (Å²) in [6.45, 7) is 0. The molecule has 0 aliphatic heterocycles. The van der Waals surface area contributed by atoms with Crippen molar-refractivity contribution in [2.45, 2.75) is 32.1 Å². The van der Waals surface area contributed by atoms with Crippen LogP contribution in [0.5, 0.6) is 0 Å². The zero-order valence-corrected chi connectivity index (χ0v) is 9.36. The molecule has 1 amide bonds. The van der Waals surface area contributed by atoms with Gasteiger partial charge in [0.05, 0.1) is 18.2 Å². The summed E-state index contributed by atoms with van der Waals surface area (Å²) in [5.41, 5.74) is 1.33. The van der Waals surface area contributed by atoms with Crippen molar-refractivity contribution in [2.75, 3.05) is 0 Å². The summed E-state index contributed by atoms with van der Waals surface area (Å²) in [5, 5.41) is 27.8. The molecule has 2 aliphatic rings.